The van der Waals surface area contributed by atoms with Gasteiger partial charge >= 0.3 is 6.09 Å². The third-order valence-corrected chi connectivity index (χ3v) is 6.44. The Labute approximate surface area is 212 Å². The molecule has 0 saturated carbocycles. The molecule has 0 unspecified atom stereocenters. The van der Waals surface area contributed by atoms with Gasteiger partial charge in [-0.2, -0.15) is 0 Å². The third-order valence-electron chi connectivity index (χ3n) is 6.44. The number of aryl methyl sites for hydroxylation is 1. The molecule has 1 saturated heterocycles. The zero-order valence-electron chi connectivity index (χ0n) is 21.2. The summed E-state index contributed by atoms with van der Waals surface area (Å²) in [5.41, 5.74) is 5.02. The Bertz CT molecular complexity index is 1270. The fraction of sp³-hybridized carbons (Fsp3) is 0.345. The number of ether oxygens (including phenoxy) is 1. The number of nitrogens with zero attached hydrogens (tertiary/aromatic N) is 2. The first kappa shape index (κ1) is 25.1. The number of rotatable bonds is 5. The topological polar surface area (TPSA) is 87.3 Å². The van der Waals surface area contributed by atoms with Gasteiger partial charge in [0.15, 0.2) is 0 Å². The van der Waals surface area contributed by atoms with Crippen LogP contribution in [0.2, 0.25) is 0 Å². The highest BCUT2D eigenvalue weighted by molar-refractivity contribution is 5.86. The van der Waals surface area contributed by atoms with Gasteiger partial charge in [-0.05, 0) is 55.5 Å². The molecule has 1 aliphatic rings. The number of aromatic nitrogens is 2. The average Bonchev–Trinajstić information content (AvgIpc) is 3.56. The van der Waals surface area contributed by atoms with Gasteiger partial charge in [0.25, 0.3) is 0 Å². The molecule has 3 aromatic rings. The van der Waals surface area contributed by atoms with E-state index >= 15 is 0 Å². The highest BCUT2D eigenvalue weighted by Gasteiger charge is 2.37. The summed E-state index contributed by atoms with van der Waals surface area (Å²) in [6.45, 7) is 6.50. The first-order chi connectivity index (χ1) is 17.4. The Hall–Kier alpha value is -4.05. The monoisotopic (exact) mass is 484 g/mol. The van der Waals surface area contributed by atoms with Gasteiger partial charge in [0, 0.05) is 17.7 Å². The van der Waals surface area contributed by atoms with E-state index in [0.29, 0.717) is 6.54 Å². The maximum absolute atomic E-state index is 13.3. The van der Waals surface area contributed by atoms with Crippen molar-refractivity contribution in [2.45, 2.75) is 45.7 Å². The molecule has 7 nitrogen and oxygen atoms in total. The lowest BCUT2D eigenvalue weighted by atomic mass is 10.0. The molecule has 0 bridgehead atoms. The van der Waals surface area contributed by atoms with E-state index in [2.05, 4.69) is 46.2 Å². The Kier molecular flexibility index (Phi) is 7.74. The number of H-pyrrole nitrogens is 1. The molecule has 2 atom stereocenters. The number of aromatic amines is 1. The summed E-state index contributed by atoms with van der Waals surface area (Å²) in [5.74, 6) is 6.96. The second kappa shape index (κ2) is 11.1. The Morgan fingerprint density at radius 3 is 2.33 bits per heavy atom. The van der Waals surface area contributed by atoms with Crippen molar-refractivity contribution in [3.8, 4) is 23.1 Å². The minimum atomic E-state index is -0.652. The van der Waals surface area contributed by atoms with Gasteiger partial charge < -0.3 is 19.9 Å². The summed E-state index contributed by atoms with van der Waals surface area (Å²) in [7, 11) is 1.30. The smallest absolute Gasteiger partial charge is 0.407 e. The average molecular weight is 485 g/mol. The van der Waals surface area contributed by atoms with Gasteiger partial charge in [0.1, 0.15) is 11.9 Å². The van der Waals surface area contributed by atoms with Crippen LogP contribution < -0.4 is 5.32 Å². The molecule has 186 valence electrons. The number of benzene rings is 2. The van der Waals surface area contributed by atoms with Crippen LogP contribution in [-0.2, 0) is 9.53 Å². The van der Waals surface area contributed by atoms with E-state index in [9.17, 15) is 9.59 Å². The van der Waals surface area contributed by atoms with E-state index in [1.807, 2.05) is 55.1 Å². The van der Waals surface area contributed by atoms with Gasteiger partial charge in [0.2, 0.25) is 5.91 Å². The summed E-state index contributed by atoms with van der Waals surface area (Å²) in [6, 6.07) is 15.4. The van der Waals surface area contributed by atoms with Crippen LogP contribution in [0.3, 0.4) is 0 Å². The molecule has 0 radical (unpaired) electrons. The lowest BCUT2D eigenvalue weighted by Gasteiger charge is -2.30. The number of hydrogen-bond acceptors (Lipinski definition) is 4. The molecule has 2 N–H and O–H groups in total. The van der Waals surface area contributed by atoms with Crippen molar-refractivity contribution in [3.63, 3.8) is 0 Å². The lowest BCUT2D eigenvalue weighted by molar-refractivity contribution is -0.135. The second-order valence-electron chi connectivity index (χ2n) is 9.42. The molecular formula is C29H32N4O3. The second-order valence-corrected chi connectivity index (χ2v) is 9.42. The minimum Gasteiger partial charge on any atom is -0.453 e. The lowest BCUT2D eigenvalue weighted by Crippen LogP contribution is -2.51. The molecule has 1 fully saturated rings. The van der Waals surface area contributed by atoms with E-state index in [-0.39, 0.29) is 17.9 Å². The highest BCUT2D eigenvalue weighted by Crippen LogP contribution is 2.32. The number of alkyl carbamates (subject to hydrolysis) is 1. The number of carbonyl (C=O) groups is 2. The fourth-order valence-electron chi connectivity index (χ4n) is 4.36. The maximum atomic E-state index is 13.3. The minimum absolute atomic E-state index is 0.0716. The number of carbonyl (C=O) groups excluding carboxylic acids is 2. The van der Waals surface area contributed by atoms with Crippen molar-refractivity contribution in [2.24, 2.45) is 5.92 Å². The van der Waals surface area contributed by atoms with Gasteiger partial charge in [-0.1, -0.05) is 55.5 Å². The standard InChI is InChI=1S/C29H32N4O3/c1-19(2)26(32-29(35)36-4)28(34)33-17-5-6-25(33)27-30-18-24(31-27)23-15-13-22(14-16-23)12-11-21-9-7-20(3)8-10-21/h7-10,13-16,18-19,25-26H,5-6,17H2,1-4H3,(H,30,31)(H,32,35)/t25-,26-/m0/s1. The van der Waals surface area contributed by atoms with Crippen LogP contribution in [0.5, 0.6) is 0 Å². The summed E-state index contributed by atoms with van der Waals surface area (Å²) < 4.78 is 4.71. The summed E-state index contributed by atoms with van der Waals surface area (Å²) in [6.07, 6.45) is 2.89. The summed E-state index contributed by atoms with van der Waals surface area (Å²) in [4.78, 5) is 34.9. The highest BCUT2D eigenvalue weighted by atomic mass is 16.5. The van der Waals surface area contributed by atoms with Crippen molar-refractivity contribution in [3.05, 3.63) is 77.2 Å². The quantitative estimate of drug-likeness (QED) is 0.508. The number of imidazole rings is 1. The van der Waals surface area contributed by atoms with Crippen LogP contribution in [-0.4, -0.2) is 46.6 Å². The van der Waals surface area contributed by atoms with Gasteiger partial charge in [0.05, 0.1) is 25.0 Å². The van der Waals surface area contributed by atoms with Crippen molar-refractivity contribution >= 4 is 12.0 Å². The first-order valence-corrected chi connectivity index (χ1v) is 12.2. The van der Waals surface area contributed by atoms with E-state index < -0.39 is 12.1 Å². The van der Waals surface area contributed by atoms with Crippen LogP contribution in [0.15, 0.2) is 54.7 Å². The summed E-state index contributed by atoms with van der Waals surface area (Å²) >= 11 is 0. The number of likely N-dealkylation sites (tertiary alicyclic amines) is 1. The normalized spacial score (nSPS) is 15.8. The molecule has 2 aromatic carbocycles. The first-order valence-electron chi connectivity index (χ1n) is 12.2. The van der Waals surface area contributed by atoms with Crippen molar-refractivity contribution in [1.29, 1.82) is 0 Å². The van der Waals surface area contributed by atoms with Crippen molar-refractivity contribution in [2.75, 3.05) is 13.7 Å². The predicted molar refractivity (Wildman–Crippen MR) is 139 cm³/mol. The number of methoxy groups -OCH3 is 1. The van der Waals surface area contributed by atoms with E-state index in [0.717, 1.165) is 41.1 Å². The zero-order valence-corrected chi connectivity index (χ0v) is 21.2. The Morgan fingerprint density at radius 1 is 1.08 bits per heavy atom. The largest absolute Gasteiger partial charge is 0.453 e. The molecule has 1 aromatic heterocycles. The molecule has 1 aliphatic heterocycles. The molecule has 7 heteroatoms. The van der Waals surface area contributed by atoms with Crippen LogP contribution in [0.25, 0.3) is 11.3 Å². The predicted octanol–water partition coefficient (Wildman–Crippen LogP) is 4.83. The zero-order chi connectivity index (χ0) is 25.7. The molecule has 0 aliphatic carbocycles. The fourth-order valence-corrected chi connectivity index (χ4v) is 4.36. The molecular weight excluding hydrogens is 452 g/mol. The van der Waals surface area contributed by atoms with Gasteiger partial charge in [-0.25, -0.2) is 9.78 Å². The van der Waals surface area contributed by atoms with E-state index in [1.165, 1.54) is 12.7 Å². The van der Waals surface area contributed by atoms with Gasteiger partial charge in [-0.15, -0.1) is 0 Å². The van der Waals surface area contributed by atoms with E-state index in [4.69, 9.17) is 4.74 Å². The van der Waals surface area contributed by atoms with Gasteiger partial charge in [-0.3, -0.25) is 4.79 Å². The SMILES string of the molecule is COC(=O)N[C@H](C(=O)N1CCC[C@H]1c1ncc(-c2ccc(C#Cc3ccc(C)cc3)cc2)[nH]1)C(C)C. The van der Waals surface area contributed by atoms with Crippen molar-refractivity contribution < 1.29 is 14.3 Å². The molecule has 2 heterocycles. The molecule has 0 spiro atoms. The number of amides is 2. The Balaban J connectivity index is 1.47. The molecule has 36 heavy (non-hydrogen) atoms. The number of hydrogen-bond donors (Lipinski definition) is 2. The summed E-state index contributed by atoms with van der Waals surface area (Å²) in [5, 5.41) is 2.68. The Morgan fingerprint density at radius 2 is 1.72 bits per heavy atom. The molecule has 4 rings (SSSR count). The molecule has 2 amide bonds. The van der Waals surface area contributed by atoms with Crippen molar-refractivity contribution in [1.82, 2.24) is 20.2 Å². The maximum Gasteiger partial charge on any atom is 0.407 e. The van der Waals surface area contributed by atoms with Crippen LogP contribution in [0, 0.1) is 24.7 Å². The van der Waals surface area contributed by atoms with Crippen LogP contribution in [0.4, 0.5) is 4.79 Å². The van der Waals surface area contributed by atoms with Crippen LogP contribution in [0.1, 0.15) is 55.2 Å². The third kappa shape index (κ3) is 5.77. The number of nitrogens with one attached hydrogen (secondary N) is 2. The van der Waals surface area contributed by atoms with E-state index in [1.54, 1.807) is 6.20 Å². The van der Waals surface area contributed by atoms with Crippen LogP contribution >= 0.6 is 0 Å².